The molecule has 3 rings (SSSR count). The van der Waals surface area contributed by atoms with Gasteiger partial charge in [-0.3, -0.25) is 4.79 Å². The van der Waals surface area contributed by atoms with Crippen LogP contribution >= 0.6 is 23.2 Å². The van der Waals surface area contributed by atoms with Gasteiger partial charge in [0.15, 0.2) is 10.4 Å². The molecule has 0 unspecified atom stereocenters. The number of benzene rings is 2. The minimum Gasteiger partial charge on any atom is -0.436 e. The second-order valence-electron chi connectivity index (χ2n) is 4.83. The Morgan fingerprint density at radius 3 is 2.77 bits per heavy atom. The van der Waals surface area contributed by atoms with E-state index in [9.17, 15) is 4.79 Å². The van der Waals surface area contributed by atoms with Crippen molar-refractivity contribution in [2.75, 3.05) is 5.32 Å². The Morgan fingerprint density at radius 2 is 2.00 bits per heavy atom. The number of alkyl halides is 2. The molecule has 0 saturated heterocycles. The fourth-order valence-corrected chi connectivity index (χ4v) is 2.23. The average molecular weight is 335 g/mol. The summed E-state index contributed by atoms with van der Waals surface area (Å²) in [7, 11) is 0. The Labute approximate surface area is 137 Å². The van der Waals surface area contributed by atoms with Crippen molar-refractivity contribution >= 4 is 45.9 Å². The fraction of sp³-hybridized carbons (Fsp3) is 0.125. The SMILES string of the molecule is Cc1ccc2oc(-c3ccccc3NC(=O)C(Cl)Cl)nc2c1. The van der Waals surface area contributed by atoms with E-state index in [0.717, 1.165) is 11.1 Å². The van der Waals surface area contributed by atoms with Crippen LogP contribution in [0.4, 0.5) is 5.69 Å². The summed E-state index contributed by atoms with van der Waals surface area (Å²) in [6.07, 6.45) is 0. The van der Waals surface area contributed by atoms with Crippen LogP contribution in [0.2, 0.25) is 0 Å². The Balaban J connectivity index is 2.04. The summed E-state index contributed by atoms with van der Waals surface area (Å²) in [5.41, 5.74) is 3.76. The van der Waals surface area contributed by atoms with Crippen LogP contribution in [-0.4, -0.2) is 15.7 Å². The molecule has 0 aliphatic heterocycles. The normalized spacial score (nSPS) is 11.1. The number of halogens is 2. The number of para-hydroxylation sites is 1. The second-order valence-corrected chi connectivity index (χ2v) is 5.92. The van der Waals surface area contributed by atoms with Gasteiger partial charge in [0.2, 0.25) is 5.89 Å². The smallest absolute Gasteiger partial charge is 0.257 e. The van der Waals surface area contributed by atoms with Crippen molar-refractivity contribution in [2.24, 2.45) is 0 Å². The van der Waals surface area contributed by atoms with Gasteiger partial charge in [-0.05, 0) is 36.8 Å². The number of hydrogen-bond donors (Lipinski definition) is 1. The van der Waals surface area contributed by atoms with Gasteiger partial charge in [0.25, 0.3) is 5.91 Å². The summed E-state index contributed by atoms with van der Waals surface area (Å²) in [6.45, 7) is 1.99. The number of aromatic nitrogens is 1. The van der Waals surface area contributed by atoms with Gasteiger partial charge in [0.05, 0.1) is 11.3 Å². The Bertz CT molecular complexity index is 843. The number of oxazole rings is 1. The van der Waals surface area contributed by atoms with E-state index < -0.39 is 10.7 Å². The zero-order valence-electron chi connectivity index (χ0n) is 11.6. The minimum absolute atomic E-state index is 0.428. The summed E-state index contributed by atoms with van der Waals surface area (Å²) in [5.74, 6) is -0.0695. The second kappa shape index (κ2) is 5.99. The molecule has 0 aliphatic rings. The summed E-state index contributed by atoms with van der Waals surface area (Å²) < 4.78 is 5.76. The van der Waals surface area contributed by atoms with Gasteiger partial charge in [-0.15, -0.1) is 0 Å². The molecule has 1 amide bonds. The van der Waals surface area contributed by atoms with Crippen LogP contribution in [0.25, 0.3) is 22.6 Å². The molecule has 1 heterocycles. The molecule has 0 spiro atoms. The third kappa shape index (κ3) is 2.93. The van der Waals surface area contributed by atoms with Crippen molar-refractivity contribution in [3.8, 4) is 11.5 Å². The summed E-state index contributed by atoms with van der Waals surface area (Å²) in [6, 6.07) is 12.9. The van der Waals surface area contributed by atoms with Crippen LogP contribution in [0.5, 0.6) is 0 Å². The predicted molar refractivity (Wildman–Crippen MR) is 88.3 cm³/mol. The highest BCUT2D eigenvalue weighted by atomic mass is 35.5. The van der Waals surface area contributed by atoms with Gasteiger partial charge < -0.3 is 9.73 Å². The molecule has 6 heteroatoms. The fourth-order valence-electron chi connectivity index (χ4n) is 2.12. The first-order valence-electron chi connectivity index (χ1n) is 6.60. The van der Waals surface area contributed by atoms with E-state index >= 15 is 0 Å². The zero-order chi connectivity index (χ0) is 15.7. The lowest BCUT2D eigenvalue weighted by atomic mass is 10.1. The van der Waals surface area contributed by atoms with Crippen LogP contribution in [0.3, 0.4) is 0 Å². The van der Waals surface area contributed by atoms with Crippen LogP contribution in [0.15, 0.2) is 46.9 Å². The van der Waals surface area contributed by atoms with Crippen LogP contribution in [0.1, 0.15) is 5.56 Å². The number of aryl methyl sites for hydroxylation is 1. The number of carbonyl (C=O) groups is 1. The lowest BCUT2D eigenvalue weighted by Gasteiger charge is -2.08. The van der Waals surface area contributed by atoms with E-state index in [1.807, 2.05) is 37.3 Å². The van der Waals surface area contributed by atoms with Gasteiger partial charge in [0.1, 0.15) is 5.52 Å². The molecule has 0 saturated carbocycles. The number of rotatable bonds is 3. The molecule has 2 aromatic carbocycles. The Kier molecular flexibility index (Phi) is 4.05. The molecule has 0 bridgehead atoms. The summed E-state index contributed by atoms with van der Waals surface area (Å²) in [5, 5.41) is 2.66. The van der Waals surface area contributed by atoms with Gasteiger partial charge in [-0.1, -0.05) is 41.4 Å². The van der Waals surface area contributed by atoms with Crippen LogP contribution < -0.4 is 5.32 Å². The summed E-state index contributed by atoms with van der Waals surface area (Å²) in [4.78, 5) is 15.0. The van der Waals surface area contributed by atoms with E-state index in [1.165, 1.54) is 0 Å². The first-order chi connectivity index (χ1) is 10.5. The number of fused-ring (bicyclic) bond motifs is 1. The first kappa shape index (κ1) is 14.9. The van der Waals surface area contributed by atoms with Gasteiger partial charge >= 0.3 is 0 Å². The topological polar surface area (TPSA) is 55.1 Å². The molecule has 3 aromatic rings. The van der Waals surface area contributed by atoms with Crippen molar-refractivity contribution < 1.29 is 9.21 Å². The molecule has 1 N–H and O–H groups in total. The zero-order valence-corrected chi connectivity index (χ0v) is 13.2. The summed E-state index contributed by atoms with van der Waals surface area (Å²) >= 11 is 11.1. The van der Waals surface area contributed by atoms with Gasteiger partial charge in [0, 0.05) is 0 Å². The Hall–Kier alpha value is -2.04. The maximum atomic E-state index is 11.7. The highest BCUT2D eigenvalue weighted by Crippen LogP contribution is 2.30. The Morgan fingerprint density at radius 1 is 1.23 bits per heavy atom. The number of amides is 1. The molecule has 0 atom stereocenters. The van der Waals surface area contributed by atoms with Crippen molar-refractivity contribution in [2.45, 2.75) is 11.8 Å². The molecule has 112 valence electrons. The third-order valence-corrected chi connectivity index (χ3v) is 3.55. The maximum absolute atomic E-state index is 11.7. The molecule has 0 aliphatic carbocycles. The van der Waals surface area contributed by atoms with Crippen molar-refractivity contribution in [3.05, 3.63) is 48.0 Å². The third-order valence-electron chi connectivity index (χ3n) is 3.16. The average Bonchev–Trinajstić information content (AvgIpc) is 2.90. The van der Waals surface area contributed by atoms with E-state index in [0.29, 0.717) is 22.7 Å². The quantitative estimate of drug-likeness (QED) is 0.715. The molecule has 0 radical (unpaired) electrons. The standard InChI is InChI=1S/C16H12Cl2N2O2/c1-9-6-7-13-12(8-9)20-16(22-13)10-4-2-3-5-11(10)19-15(21)14(17)18/h2-8,14H,1H3,(H,19,21). The number of carbonyl (C=O) groups excluding carboxylic acids is 1. The predicted octanol–water partition coefficient (Wildman–Crippen LogP) is 4.55. The van der Waals surface area contributed by atoms with E-state index in [-0.39, 0.29) is 0 Å². The molecule has 0 fully saturated rings. The minimum atomic E-state index is -1.14. The monoisotopic (exact) mass is 334 g/mol. The largest absolute Gasteiger partial charge is 0.436 e. The van der Waals surface area contributed by atoms with E-state index in [1.54, 1.807) is 12.1 Å². The van der Waals surface area contributed by atoms with Crippen molar-refractivity contribution in [1.29, 1.82) is 0 Å². The maximum Gasteiger partial charge on any atom is 0.257 e. The molecule has 22 heavy (non-hydrogen) atoms. The van der Waals surface area contributed by atoms with E-state index in [4.69, 9.17) is 27.6 Å². The molecular formula is C16H12Cl2N2O2. The molecular weight excluding hydrogens is 323 g/mol. The van der Waals surface area contributed by atoms with Crippen LogP contribution in [0, 0.1) is 6.92 Å². The van der Waals surface area contributed by atoms with E-state index in [2.05, 4.69) is 10.3 Å². The lowest BCUT2D eigenvalue weighted by Crippen LogP contribution is -2.18. The number of nitrogens with zero attached hydrogens (tertiary/aromatic N) is 1. The number of nitrogens with one attached hydrogen (secondary N) is 1. The van der Waals surface area contributed by atoms with Crippen LogP contribution in [-0.2, 0) is 4.79 Å². The highest BCUT2D eigenvalue weighted by molar-refractivity contribution is 6.54. The van der Waals surface area contributed by atoms with Crippen molar-refractivity contribution in [3.63, 3.8) is 0 Å². The number of anilines is 1. The van der Waals surface area contributed by atoms with Crippen molar-refractivity contribution in [1.82, 2.24) is 4.98 Å². The molecule has 1 aromatic heterocycles. The first-order valence-corrected chi connectivity index (χ1v) is 7.47. The highest BCUT2D eigenvalue weighted by Gasteiger charge is 2.16. The van der Waals surface area contributed by atoms with Gasteiger partial charge in [-0.2, -0.15) is 0 Å². The number of hydrogen-bond acceptors (Lipinski definition) is 3. The molecule has 4 nitrogen and oxygen atoms in total. The van der Waals surface area contributed by atoms with Gasteiger partial charge in [-0.25, -0.2) is 4.98 Å². The lowest BCUT2D eigenvalue weighted by molar-refractivity contribution is -0.114.